The molecular weight excluding hydrogens is 314 g/mol. The lowest BCUT2D eigenvalue weighted by Gasteiger charge is -2.34. The number of hydrogen-bond acceptors (Lipinski definition) is 4. The maximum Gasteiger partial charge on any atom is 0.161 e. The highest BCUT2D eigenvalue weighted by molar-refractivity contribution is 5.43. The smallest absolute Gasteiger partial charge is 0.161 e. The summed E-state index contributed by atoms with van der Waals surface area (Å²) in [4.78, 5) is 2.36. The Labute approximate surface area is 150 Å². The van der Waals surface area contributed by atoms with Crippen LogP contribution in [0, 0.1) is 0 Å². The molecule has 1 heterocycles. The minimum atomic E-state index is 0.232. The van der Waals surface area contributed by atoms with Gasteiger partial charge in [0.2, 0.25) is 0 Å². The summed E-state index contributed by atoms with van der Waals surface area (Å²) in [6.07, 6.45) is 3.48. The number of methoxy groups -OCH3 is 1. The van der Waals surface area contributed by atoms with Crippen LogP contribution in [0.3, 0.4) is 0 Å². The van der Waals surface area contributed by atoms with E-state index < -0.39 is 0 Å². The van der Waals surface area contributed by atoms with Crippen molar-refractivity contribution in [2.75, 3.05) is 20.3 Å². The fourth-order valence-corrected chi connectivity index (χ4v) is 3.37. The highest BCUT2D eigenvalue weighted by Gasteiger charge is 2.21. The number of piperidine rings is 1. The van der Waals surface area contributed by atoms with Gasteiger partial charge in [-0.25, -0.2) is 0 Å². The van der Waals surface area contributed by atoms with Gasteiger partial charge in [-0.1, -0.05) is 42.8 Å². The van der Waals surface area contributed by atoms with Crippen molar-refractivity contribution in [2.24, 2.45) is 0 Å². The monoisotopic (exact) mass is 341 g/mol. The second-order valence-corrected chi connectivity index (χ2v) is 6.56. The van der Waals surface area contributed by atoms with Crippen LogP contribution < -0.4 is 9.47 Å². The van der Waals surface area contributed by atoms with E-state index in [9.17, 15) is 5.11 Å². The van der Waals surface area contributed by atoms with Crippen LogP contribution >= 0.6 is 0 Å². The summed E-state index contributed by atoms with van der Waals surface area (Å²) in [5.74, 6) is 1.51. The third-order valence-corrected chi connectivity index (χ3v) is 4.81. The molecule has 1 aliphatic rings. The molecule has 25 heavy (non-hydrogen) atoms. The Morgan fingerprint density at radius 1 is 1.04 bits per heavy atom. The first-order valence-electron chi connectivity index (χ1n) is 8.98. The van der Waals surface area contributed by atoms with Crippen LogP contribution in [0.25, 0.3) is 0 Å². The number of aliphatic hydroxyl groups excluding tert-OH is 1. The van der Waals surface area contributed by atoms with Gasteiger partial charge in [-0.15, -0.1) is 0 Å². The van der Waals surface area contributed by atoms with Crippen molar-refractivity contribution in [3.8, 4) is 11.5 Å². The van der Waals surface area contributed by atoms with Gasteiger partial charge in [-0.05, 0) is 42.6 Å². The Morgan fingerprint density at radius 3 is 2.64 bits per heavy atom. The van der Waals surface area contributed by atoms with Crippen LogP contribution in [0.4, 0.5) is 0 Å². The van der Waals surface area contributed by atoms with E-state index in [-0.39, 0.29) is 12.6 Å². The summed E-state index contributed by atoms with van der Waals surface area (Å²) in [5.41, 5.74) is 2.32. The predicted molar refractivity (Wildman–Crippen MR) is 98.9 cm³/mol. The van der Waals surface area contributed by atoms with Crippen LogP contribution in [-0.2, 0) is 13.2 Å². The number of likely N-dealkylation sites (tertiary alicyclic amines) is 1. The summed E-state index contributed by atoms with van der Waals surface area (Å²) in [6.45, 7) is 2.63. The first-order chi connectivity index (χ1) is 12.3. The molecule has 0 saturated carbocycles. The number of nitrogens with zero attached hydrogens (tertiary/aromatic N) is 1. The molecule has 1 unspecified atom stereocenters. The number of rotatable bonds is 7. The van der Waals surface area contributed by atoms with Crippen molar-refractivity contribution < 1.29 is 14.6 Å². The molecular formula is C21H27NO3. The Bertz CT molecular complexity index is 659. The Morgan fingerprint density at radius 2 is 1.88 bits per heavy atom. The molecule has 1 atom stereocenters. The standard InChI is InChI=1S/C21H27NO3/c1-24-21-13-18(14-22-12-6-5-9-19(22)15-23)10-11-20(21)25-16-17-7-3-2-4-8-17/h2-4,7-8,10-11,13,19,23H,5-6,9,12,14-16H2,1H3. The van der Waals surface area contributed by atoms with E-state index in [0.717, 1.165) is 36.6 Å². The molecule has 4 heteroatoms. The lowest BCUT2D eigenvalue weighted by atomic mass is 10.0. The minimum Gasteiger partial charge on any atom is -0.493 e. The van der Waals surface area contributed by atoms with E-state index in [1.807, 2.05) is 42.5 Å². The maximum absolute atomic E-state index is 9.58. The van der Waals surface area contributed by atoms with Gasteiger partial charge >= 0.3 is 0 Å². The lowest BCUT2D eigenvalue weighted by Crippen LogP contribution is -2.41. The molecule has 1 saturated heterocycles. The SMILES string of the molecule is COc1cc(CN2CCCCC2CO)ccc1OCc1ccccc1. The molecule has 134 valence electrons. The molecule has 0 spiro atoms. The zero-order chi connectivity index (χ0) is 17.5. The molecule has 0 aliphatic carbocycles. The number of benzene rings is 2. The number of hydrogen-bond donors (Lipinski definition) is 1. The van der Waals surface area contributed by atoms with E-state index in [2.05, 4.69) is 11.0 Å². The van der Waals surface area contributed by atoms with Crippen molar-refractivity contribution in [1.82, 2.24) is 4.90 Å². The highest BCUT2D eigenvalue weighted by atomic mass is 16.5. The van der Waals surface area contributed by atoms with E-state index in [4.69, 9.17) is 9.47 Å². The van der Waals surface area contributed by atoms with Gasteiger partial charge in [0.15, 0.2) is 11.5 Å². The molecule has 2 aromatic carbocycles. The minimum absolute atomic E-state index is 0.232. The first-order valence-corrected chi connectivity index (χ1v) is 8.98. The number of ether oxygens (including phenoxy) is 2. The molecule has 0 radical (unpaired) electrons. The Kier molecular flexibility index (Phi) is 6.31. The summed E-state index contributed by atoms with van der Waals surface area (Å²) in [6, 6.07) is 16.5. The van der Waals surface area contributed by atoms with E-state index >= 15 is 0 Å². The molecule has 4 nitrogen and oxygen atoms in total. The van der Waals surface area contributed by atoms with Crippen LogP contribution in [0.2, 0.25) is 0 Å². The molecule has 1 N–H and O–H groups in total. The topological polar surface area (TPSA) is 41.9 Å². The van der Waals surface area contributed by atoms with Gasteiger partial charge in [-0.2, -0.15) is 0 Å². The van der Waals surface area contributed by atoms with Gasteiger partial charge in [0.05, 0.1) is 13.7 Å². The number of aliphatic hydroxyl groups is 1. The summed E-state index contributed by atoms with van der Waals surface area (Å²) >= 11 is 0. The second-order valence-electron chi connectivity index (χ2n) is 6.56. The summed E-state index contributed by atoms with van der Waals surface area (Å²) in [5, 5.41) is 9.58. The van der Waals surface area contributed by atoms with Crippen molar-refractivity contribution in [2.45, 2.75) is 38.5 Å². The molecule has 3 rings (SSSR count). The van der Waals surface area contributed by atoms with Gasteiger partial charge in [0, 0.05) is 12.6 Å². The van der Waals surface area contributed by atoms with Crippen molar-refractivity contribution in [3.63, 3.8) is 0 Å². The summed E-state index contributed by atoms with van der Waals surface area (Å²) < 4.78 is 11.4. The highest BCUT2D eigenvalue weighted by Crippen LogP contribution is 2.30. The molecule has 0 aromatic heterocycles. The van der Waals surface area contributed by atoms with Crippen molar-refractivity contribution >= 4 is 0 Å². The lowest BCUT2D eigenvalue weighted by molar-refractivity contribution is 0.0840. The average molecular weight is 341 g/mol. The largest absolute Gasteiger partial charge is 0.493 e. The molecule has 0 bridgehead atoms. The van der Waals surface area contributed by atoms with Gasteiger partial charge in [0.25, 0.3) is 0 Å². The van der Waals surface area contributed by atoms with Crippen molar-refractivity contribution in [1.29, 1.82) is 0 Å². The fraction of sp³-hybridized carbons (Fsp3) is 0.429. The second kappa shape index (κ2) is 8.88. The predicted octanol–water partition coefficient (Wildman–Crippen LogP) is 3.62. The quantitative estimate of drug-likeness (QED) is 0.835. The normalized spacial score (nSPS) is 18.1. The van der Waals surface area contributed by atoms with E-state index in [0.29, 0.717) is 6.61 Å². The zero-order valence-electron chi connectivity index (χ0n) is 14.9. The third-order valence-electron chi connectivity index (χ3n) is 4.81. The van der Waals surface area contributed by atoms with Crippen LogP contribution in [0.15, 0.2) is 48.5 Å². The maximum atomic E-state index is 9.58. The third kappa shape index (κ3) is 4.74. The molecule has 0 amide bonds. The Balaban J connectivity index is 1.66. The Hall–Kier alpha value is -2.04. The van der Waals surface area contributed by atoms with Gasteiger partial charge in [-0.3, -0.25) is 4.90 Å². The van der Waals surface area contributed by atoms with Gasteiger partial charge < -0.3 is 14.6 Å². The van der Waals surface area contributed by atoms with Crippen LogP contribution in [-0.4, -0.2) is 36.3 Å². The first kappa shape index (κ1) is 17.8. The molecule has 1 aliphatic heterocycles. The zero-order valence-corrected chi connectivity index (χ0v) is 14.9. The molecule has 1 fully saturated rings. The summed E-state index contributed by atoms with van der Waals surface area (Å²) in [7, 11) is 1.67. The average Bonchev–Trinajstić information content (AvgIpc) is 2.68. The van der Waals surface area contributed by atoms with Crippen LogP contribution in [0.5, 0.6) is 11.5 Å². The van der Waals surface area contributed by atoms with Gasteiger partial charge in [0.1, 0.15) is 6.61 Å². The van der Waals surface area contributed by atoms with Crippen LogP contribution in [0.1, 0.15) is 30.4 Å². The van der Waals surface area contributed by atoms with Crippen molar-refractivity contribution in [3.05, 3.63) is 59.7 Å². The molecule has 2 aromatic rings. The van der Waals surface area contributed by atoms with E-state index in [1.165, 1.54) is 18.4 Å². The van der Waals surface area contributed by atoms with E-state index in [1.54, 1.807) is 7.11 Å². The fourth-order valence-electron chi connectivity index (χ4n) is 3.37.